The number of thiophene rings is 2. The van der Waals surface area contributed by atoms with Crippen LogP contribution in [0, 0.1) is 28.1 Å². The number of benzene rings is 1. The van der Waals surface area contributed by atoms with Gasteiger partial charge in [0.2, 0.25) is 0 Å². The zero-order chi connectivity index (χ0) is 20.0. The van der Waals surface area contributed by atoms with Gasteiger partial charge in [0.25, 0.3) is 0 Å². The fourth-order valence-corrected chi connectivity index (χ4v) is 6.08. The number of ketones is 1. The van der Waals surface area contributed by atoms with Crippen molar-refractivity contribution in [2.45, 2.75) is 18.0 Å². The predicted molar refractivity (Wildman–Crippen MR) is 113 cm³/mol. The number of hydrogen-bond acceptors (Lipinski definition) is 6. The third kappa shape index (κ3) is 2.43. The summed E-state index contributed by atoms with van der Waals surface area (Å²) in [6.07, 6.45) is 3.86. The molecule has 3 aromatic rings. The number of nitrogens with zero attached hydrogens (tertiary/aromatic N) is 3. The molecule has 1 aromatic carbocycles. The summed E-state index contributed by atoms with van der Waals surface area (Å²) >= 11 is 2.91. The highest BCUT2D eigenvalue weighted by molar-refractivity contribution is 7.12. The second-order valence-electron chi connectivity index (χ2n) is 7.21. The molecule has 0 amide bonds. The number of fused-ring (bicyclic) bond motifs is 3. The second-order valence-corrected chi connectivity index (χ2v) is 8.94. The van der Waals surface area contributed by atoms with Gasteiger partial charge >= 0.3 is 0 Å². The Morgan fingerprint density at radius 3 is 2.59 bits per heavy atom. The van der Waals surface area contributed by atoms with Gasteiger partial charge in [-0.2, -0.15) is 21.9 Å². The average molecular weight is 414 g/mol. The Bertz CT molecular complexity index is 1170. The molecule has 0 N–H and O–H groups in total. The molecule has 3 unspecified atom stereocenters. The Morgan fingerprint density at radius 1 is 1.07 bits per heavy atom. The second kappa shape index (κ2) is 6.70. The number of carbonyl (C=O) groups excluding carboxylic acids is 1. The smallest absolute Gasteiger partial charge is 0.195 e. The Balaban J connectivity index is 1.78. The van der Waals surface area contributed by atoms with Crippen molar-refractivity contribution in [3.05, 3.63) is 86.4 Å². The van der Waals surface area contributed by atoms with Gasteiger partial charge in [0.1, 0.15) is 6.04 Å². The summed E-state index contributed by atoms with van der Waals surface area (Å²) in [6, 6.07) is 17.0. The maximum Gasteiger partial charge on any atom is 0.195 e. The first-order chi connectivity index (χ1) is 14.2. The molecule has 4 heterocycles. The van der Waals surface area contributed by atoms with E-state index in [0.29, 0.717) is 4.88 Å². The van der Waals surface area contributed by atoms with Crippen LogP contribution in [0.4, 0.5) is 0 Å². The maximum atomic E-state index is 13.6. The molecule has 5 rings (SSSR count). The third-order valence-electron chi connectivity index (χ3n) is 5.88. The zero-order valence-electron chi connectivity index (χ0n) is 15.2. The lowest BCUT2D eigenvalue weighted by molar-refractivity contribution is 0.0879. The molecule has 2 aliphatic rings. The van der Waals surface area contributed by atoms with Gasteiger partial charge in [-0.05, 0) is 51.0 Å². The van der Waals surface area contributed by atoms with Gasteiger partial charge in [-0.3, -0.25) is 4.79 Å². The first kappa shape index (κ1) is 17.9. The van der Waals surface area contributed by atoms with Crippen LogP contribution in [-0.2, 0) is 0 Å². The third-order valence-corrected chi connectivity index (χ3v) is 7.46. The molecule has 4 nitrogen and oxygen atoms in total. The van der Waals surface area contributed by atoms with E-state index in [0.717, 1.165) is 16.7 Å². The number of nitriles is 2. The van der Waals surface area contributed by atoms with Crippen molar-refractivity contribution in [1.29, 1.82) is 10.5 Å². The minimum atomic E-state index is -1.38. The van der Waals surface area contributed by atoms with Crippen molar-refractivity contribution < 1.29 is 4.79 Å². The Kier molecular flexibility index (Phi) is 4.13. The maximum absolute atomic E-state index is 13.6. The van der Waals surface area contributed by atoms with Crippen molar-refractivity contribution in [3.63, 3.8) is 0 Å². The minimum Gasteiger partial charge on any atom is -0.357 e. The number of rotatable bonds is 3. The average Bonchev–Trinajstić information content (AvgIpc) is 3.52. The van der Waals surface area contributed by atoms with E-state index in [1.807, 2.05) is 75.8 Å². The van der Waals surface area contributed by atoms with Gasteiger partial charge < -0.3 is 4.90 Å². The monoisotopic (exact) mass is 413 g/mol. The predicted octanol–water partition coefficient (Wildman–Crippen LogP) is 5.22. The highest BCUT2D eigenvalue weighted by Gasteiger charge is 2.64. The standard InChI is InChI=1S/C23H15N3OS2/c24-13-23(14-25)19(16-8-11-28-12-16)20(21(27)18-6-3-10-29-18)26-9-7-15-4-1-2-5-17(15)22(23)26/h1-12,19-20,22H. The van der Waals surface area contributed by atoms with Crippen molar-refractivity contribution in [2.24, 2.45) is 5.41 Å². The molecular formula is C23H15N3OS2. The summed E-state index contributed by atoms with van der Waals surface area (Å²) in [4.78, 5) is 16.2. The molecule has 0 aliphatic carbocycles. The van der Waals surface area contributed by atoms with E-state index in [1.165, 1.54) is 22.7 Å². The first-order valence-electron chi connectivity index (χ1n) is 9.18. The molecule has 1 fully saturated rings. The molecule has 0 bridgehead atoms. The molecule has 6 heteroatoms. The van der Waals surface area contributed by atoms with Gasteiger partial charge in [0.15, 0.2) is 11.2 Å². The molecule has 1 saturated heterocycles. The van der Waals surface area contributed by atoms with Crippen LogP contribution in [0.25, 0.3) is 6.08 Å². The molecule has 0 radical (unpaired) electrons. The van der Waals surface area contributed by atoms with Crippen LogP contribution in [-0.4, -0.2) is 16.7 Å². The van der Waals surface area contributed by atoms with E-state index in [9.17, 15) is 15.3 Å². The van der Waals surface area contributed by atoms with Crippen LogP contribution in [0.15, 0.2) is 64.8 Å². The van der Waals surface area contributed by atoms with Crippen molar-refractivity contribution in [2.75, 3.05) is 0 Å². The van der Waals surface area contributed by atoms with Crippen LogP contribution in [0.3, 0.4) is 0 Å². The van der Waals surface area contributed by atoms with Crippen molar-refractivity contribution in [1.82, 2.24) is 4.90 Å². The van der Waals surface area contributed by atoms with E-state index >= 15 is 0 Å². The van der Waals surface area contributed by atoms with Crippen LogP contribution in [0.2, 0.25) is 0 Å². The summed E-state index contributed by atoms with van der Waals surface area (Å²) in [5.74, 6) is -0.586. The van der Waals surface area contributed by atoms with Crippen molar-refractivity contribution in [3.8, 4) is 12.1 Å². The molecule has 140 valence electrons. The molecule has 3 atom stereocenters. The minimum absolute atomic E-state index is 0.0439. The quantitative estimate of drug-likeness (QED) is 0.552. The van der Waals surface area contributed by atoms with Gasteiger partial charge in [-0.25, -0.2) is 0 Å². The largest absolute Gasteiger partial charge is 0.357 e. The number of carbonyl (C=O) groups is 1. The fourth-order valence-electron chi connectivity index (χ4n) is 4.68. The Morgan fingerprint density at radius 2 is 1.90 bits per heavy atom. The molecule has 0 spiro atoms. The summed E-state index contributed by atoms with van der Waals surface area (Å²) in [5.41, 5.74) is 1.39. The summed E-state index contributed by atoms with van der Waals surface area (Å²) in [7, 11) is 0. The fraction of sp³-hybridized carbons (Fsp3) is 0.174. The highest BCUT2D eigenvalue weighted by atomic mass is 32.1. The first-order valence-corrected chi connectivity index (χ1v) is 11.0. The summed E-state index contributed by atoms with van der Waals surface area (Å²) in [5, 5.41) is 26.5. The van der Waals surface area contributed by atoms with Crippen LogP contribution < -0.4 is 0 Å². The van der Waals surface area contributed by atoms with E-state index in [2.05, 4.69) is 12.1 Å². The SMILES string of the molecule is N#CC1(C#N)C(c2ccsc2)C(C(=O)c2cccs2)N2C=Cc3ccccc3C21. The summed E-state index contributed by atoms with van der Waals surface area (Å²) in [6.45, 7) is 0. The van der Waals surface area contributed by atoms with E-state index < -0.39 is 23.4 Å². The van der Waals surface area contributed by atoms with Crippen LogP contribution in [0.1, 0.15) is 38.3 Å². The van der Waals surface area contributed by atoms with Crippen LogP contribution >= 0.6 is 22.7 Å². The molecule has 0 saturated carbocycles. The number of hydrogen-bond donors (Lipinski definition) is 0. The highest BCUT2D eigenvalue weighted by Crippen LogP contribution is 2.60. The van der Waals surface area contributed by atoms with Gasteiger partial charge in [0.05, 0.1) is 23.1 Å². The van der Waals surface area contributed by atoms with Gasteiger partial charge in [0, 0.05) is 12.1 Å². The van der Waals surface area contributed by atoms with E-state index in [-0.39, 0.29) is 5.78 Å². The van der Waals surface area contributed by atoms with Crippen LogP contribution in [0.5, 0.6) is 0 Å². The zero-order valence-corrected chi connectivity index (χ0v) is 16.9. The number of Topliss-reactive ketones (excluding diaryl/α,β-unsaturated/α-hetero) is 1. The van der Waals surface area contributed by atoms with E-state index in [4.69, 9.17) is 0 Å². The van der Waals surface area contributed by atoms with Crippen molar-refractivity contribution >= 4 is 34.5 Å². The Labute approximate surface area is 176 Å². The van der Waals surface area contributed by atoms with Gasteiger partial charge in [-0.1, -0.05) is 30.3 Å². The topological polar surface area (TPSA) is 67.9 Å². The van der Waals surface area contributed by atoms with Gasteiger partial charge in [-0.15, -0.1) is 11.3 Å². The Hall–Kier alpha value is -3.19. The lowest BCUT2D eigenvalue weighted by atomic mass is 9.68. The molecule has 29 heavy (non-hydrogen) atoms. The lowest BCUT2D eigenvalue weighted by Crippen LogP contribution is -2.37. The molecule has 2 aromatic heterocycles. The lowest BCUT2D eigenvalue weighted by Gasteiger charge is -2.34. The summed E-state index contributed by atoms with van der Waals surface area (Å²) < 4.78 is 0. The molecule has 2 aliphatic heterocycles. The normalized spacial score (nSPS) is 23.7. The van der Waals surface area contributed by atoms with E-state index in [1.54, 1.807) is 0 Å². The molecular weight excluding hydrogens is 398 g/mol.